The molecule has 7 nitrogen and oxygen atoms in total. The van der Waals surface area contributed by atoms with Crippen molar-refractivity contribution in [3.05, 3.63) is 76.8 Å². The number of amides is 1. The zero-order valence-corrected chi connectivity index (χ0v) is 16.8. The molecule has 7 heteroatoms. The van der Waals surface area contributed by atoms with E-state index in [1.165, 1.54) is 17.0 Å². The van der Waals surface area contributed by atoms with Crippen molar-refractivity contribution in [1.29, 1.82) is 0 Å². The number of methoxy groups -OCH3 is 1. The topological polar surface area (TPSA) is 76.5 Å². The molecular weight excluding hydrogens is 368 g/mol. The van der Waals surface area contributed by atoms with Crippen LogP contribution in [0, 0.1) is 0 Å². The molecule has 0 saturated heterocycles. The lowest BCUT2D eigenvalue weighted by atomic mass is 10.1. The fraction of sp³-hybridized carbons (Fsp3) is 0.227. The molecule has 1 heterocycles. The van der Waals surface area contributed by atoms with Gasteiger partial charge in [-0.15, -0.1) is 0 Å². The Morgan fingerprint density at radius 3 is 2.55 bits per heavy atom. The molecule has 0 aliphatic heterocycles. The van der Waals surface area contributed by atoms with E-state index < -0.39 is 0 Å². The van der Waals surface area contributed by atoms with E-state index in [2.05, 4.69) is 10.3 Å². The van der Waals surface area contributed by atoms with Crippen LogP contribution in [-0.4, -0.2) is 43.2 Å². The van der Waals surface area contributed by atoms with Gasteiger partial charge in [0, 0.05) is 50.1 Å². The Hall–Kier alpha value is -3.61. The highest BCUT2D eigenvalue weighted by Crippen LogP contribution is 2.19. The molecule has 0 radical (unpaired) electrons. The normalized spacial score (nSPS) is 10.4. The molecule has 2 aromatic carbocycles. The predicted octanol–water partition coefficient (Wildman–Crippen LogP) is 2.41. The number of hydrogen-bond acceptors (Lipinski definition) is 5. The van der Waals surface area contributed by atoms with Gasteiger partial charge in [-0.1, -0.05) is 6.07 Å². The predicted molar refractivity (Wildman–Crippen MR) is 114 cm³/mol. The SMILES string of the molecule is COc1ccc(-c2cc(=O)n(CCNC(=O)c3cccc(N(C)C)c3)cn2)cc1. The molecule has 0 spiro atoms. The number of rotatable bonds is 7. The van der Waals surface area contributed by atoms with Crippen molar-refractivity contribution in [3.63, 3.8) is 0 Å². The van der Waals surface area contributed by atoms with Crippen LogP contribution in [0.3, 0.4) is 0 Å². The van der Waals surface area contributed by atoms with Crippen molar-refractivity contribution >= 4 is 11.6 Å². The highest BCUT2D eigenvalue weighted by Gasteiger charge is 2.08. The van der Waals surface area contributed by atoms with Gasteiger partial charge in [-0.2, -0.15) is 0 Å². The van der Waals surface area contributed by atoms with E-state index in [0.717, 1.165) is 17.0 Å². The monoisotopic (exact) mass is 392 g/mol. The van der Waals surface area contributed by atoms with Crippen LogP contribution in [0.1, 0.15) is 10.4 Å². The molecule has 1 N–H and O–H groups in total. The van der Waals surface area contributed by atoms with Gasteiger partial charge in [0.15, 0.2) is 0 Å². The number of hydrogen-bond donors (Lipinski definition) is 1. The minimum absolute atomic E-state index is 0.172. The van der Waals surface area contributed by atoms with Gasteiger partial charge in [0.1, 0.15) is 5.75 Å². The average Bonchev–Trinajstić information content (AvgIpc) is 2.75. The summed E-state index contributed by atoms with van der Waals surface area (Å²) in [6.45, 7) is 0.669. The van der Waals surface area contributed by atoms with E-state index in [1.54, 1.807) is 13.2 Å². The lowest BCUT2D eigenvalue weighted by Gasteiger charge is -2.13. The minimum atomic E-state index is -0.176. The molecule has 0 bridgehead atoms. The number of carbonyl (C=O) groups is 1. The number of anilines is 1. The van der Waals surface area contributed by atoms with Crippen molar-refractivity contribution < 1.29 is 9.53 Å². The molecule has 1 aromatic heterocycles. The fourth-order valence-corrected chi connectivity index (χ4v) is 2.83. The molecular formula is C22H24N4O3. The Balaban J connectivity index is 1.61. The van der Waals surface area contributed by atoms with Gasteiger partial charge in [0.2, 0.25) is 0 Å². The highest BCUT2D eigenvalue weighted by atomic mass is 16.5. The lowest BCUT2D eigenvalue weighted by molar-refractivity contribution is 0.0952. The third kappa shape index (κ3) is 5.01. The first-order chi connectivity index (χ1) is 14.0. The largest absolute Gasteiger partial charge is 0.497 e. The molecule has 3 aromatic rings. The Morgan fingerprint density at radius 2 is 1.90 bits per heavy atom. The summed E-state index contributed by atoms with van der Waals surface area (Å²) in [7, 11) is 5.45. The maximum Gasteiger partial charge on any atom is 0.253 e. The summed E-state index contributed by atoms with van der Waals surface area (Å²) >= 11 is 0. The second-order valence-electron chi connectivity index (χ2n) is 6.73. The number of nitrogens with zero attached hydrogens (tertiary/aromatic N) is 3. The zero-order chi connectivity index (χ0) is 20.8. The van der Waals surface area contributed by atoms with E-state index in [4.69, 9.17) is 4.74 Å². The standard InChI is InChI=1S/C22H24N4O3/c1-25(2)18-6-4-5-17(13-18)22(28)23-11-12-26-15-24-20(14-21(26)27)16-7-9-19(29-3)10-8-16/h4-10,13-15H,11-12H2,1-3H3,(H,23,28). The summed E-state index contributed by atoms with van der Waals surface area (Å²) in [4.78, 5) is 31.0. The summed E-state index contributed by atoms with van der Waals surface area (Å²) in [5.41, 5.74) is 2.79. The van der Waals surface area contributed by atoms with Crippen molar-refractivity contribution in [2.45, 2.75) is 6.54 Å². The van der Waals surface area contributed by atoms with Gasteiger partial charge in [-0.05, 0) is 42.5 Å². The van der Waals surface area contributed by atoms with Gasteiger partial charge >= 0.3 is 0 Å². The van der Waals surface area contributed by atoms with Gasteiger partial charge in [-0.25, -0.2) is 4.98 Å². The van der Waals surface area contributed by atoms with Gasteiger partial charge < -0.3 is 15.0 Å². The maximum atomic E-state index is 12.4. The molecule has 29 heavy (non-hydrogen) atoms. The zero-order valence-electron chi connectivity index (χ0n) is 16.8. The van der Waals surface area contributed by atoms with Crippen molar-refractivity contribution in [1.82, 2.24) is 14.9 Å². The highest BCUT2D eigenvalue weighted by molar-refractivity contribution is 5.95. The Labute approximate surface area is 169 Å². The third-order valence-corrected chi connectivity index (χ3v) is 4.53. The number of benzene rings is 2. The number of carbonyl (C=O) groups excluding carboxylic acids is 1. The van der Waals surface area contributed by atoms with Crippen molar-refractivity contribution in [2.24, 2.45) is 0 Å². The second-order valence-corrected chi connectivity index (χ2v) is 6.73. The number of nitrogens with one attached hydrogen (secondary N) is 1. The molecule has 0 aliphatic carbocycles. The maximum absolute atomic E-state index is 12.4. The van der Waals surface area contributed by atoms with Gasteiger partial charge in [-0.3, -0.25) is 14.2 Å². The first kappa shape index (κ1) is 20.1. The third-order valence-electron chi connectivity index (χ3n) is 4.53. The van der Waals surface area contributed by atoms with Crippen LogP contribution in [0.4, 0.5) is 5.69 Å². The summed E-state index contributed by atoms with van der Waals surface area (Å²) in [5, 5.41) is 2.84. The van der Waals surface area contributed by atoms with Crippen molar-refractivity contribution in [3.8, 4) is 17.0 Å². The van der Waals surface area contributed by atoms with Crippen LogP contribution in [0.2, 0.25) is 0 Å². The van der Waals surface area contributed by atoms with Crippen LogP contribution in [0.25, 0.3) is 11.3 Å². The molecule has 0 saturated carbocycles. The summed E-state index contributed by atoms with van der Waals surface area (Å²) in [6.07, 6.45) is 1.50. The van der Waals surface area contributed by atoms with Crippen LogP contribution < -0.4 is 20.5 Å². The molecule has 3 rings (SSSR count). The molecule has 0 aliphatic rings. The van der Waals surface area contributed by atoms with Crippen molar-refractivity contribution in [2.75, 3.05) is 32.6 Å². The first-order valence-electron chi connectivity index (χ1n) is 9.24. The van der Waals surface area contributed by atoms with E-state index in [1.807, 2.05) is 61.5 Å². The Morgan fingerprint density at radius 1 is 1.14 bits per heavy atom. The molecule has 0 unspecified atom stereocenters. The number of aromatic nitrogens is 2. The van der Waals surface area contributed by atoms with Gasteiger partial charge in [0.05, 0.1) is 19.1 Å². The molecule has 150 valence electrons. The van der Waals surface area contributed by atoms with Crippen LogP contribution in [0.5, 0.6) is 5.75 Å². The summed E-state index contributed by atoms with van der Waals surface area (Å²) in [5.74, 6) is 0.568. The van der Waals surface area contributed by atoms with Crippen LogP contribution >= 0.6 is 0 Å². The average molecular weight is 392 g/mol. The fourth-order valence-electron chi connectivity index (χ4n) is 2.83. The molecule has 1 amide bonds. The van der Waals surface area contributed by atoms with Gasteiger partial charge in [0.25, 0.3) is 11.5 Å². The smallest absolute Gasteiger partial charge is 0.253 e. The van der Waals surface area contributed by atoms with E-state index >= 15 is 0 Å². The van der Waals surface area contributed by atoms with E-state index in [9.17, 15) is 9.59 Å². The molecule has 0 fully saturated rings. The van der Waals surface area contributed by atoms with E-state index in [0.29, 0.717) is 24.3 Å². The number of ether oxygens (including phenoxy) is 1. The summed E-state index contributed by atoms with van der Waals surface area (Å²) < 4.78 is 6.61. The van der Waals surface area contributed by atoms with E-state index in [-0.39, 0.29) is 11.5 Å². The second kappa shape index (κ2) is 9.05. The minimum Gasteiger partial charge on any atom is -0.497 e. The first-order valence-corrected chi connectivity index (χ1v) is 9.24. The summed E-state index contributed by atoms with van der Waals surface area (Å²) in [6, 6.07) is 16.2. The Kier molecular flexibility index (Phi) is 6.29. The lowest BCUT2D eigenvalue weighted by Crippen LogP contribution is -2.30. The van der Waals surface area contributed by atoms with Crippen LogP contribution in [-0.2, 0) is 6.54 Å². The molecule has 0 atom stereocenters. The van der Waals surface area contributed by atoms with Crippen LogP contribution in [0.15, 0.2) is 65.7 Å². The quantitative estimate of drug-likeness (QED) is 0.668. The Bertz CT molecular complexity index is 1040.